The Bertz CT molecular complexity index is 515. The minimum atomic E-state index is 0.199. The summed E-state index contributed by atoms with van der Waals surface area (Å²) in [7, 11) is 3.83. The zero-order valence-electron chi connectivity index (χ0n) is 11.1. The lowest BCUT2D eigenvalue weighted by molar-refractivity contribution is 0.400. The molecule has 0 aliphatic carbocycles. The van der Waals surface area contributed by atoms with Crippen LogP contribution in [0, 0.1) is 5.41 Å². The average Bonchev–Trinajstić information content (AvgIpc) is 2.70. The molecule has 2 rings (SSSR count). The third kappa shape index (κ3) is 2.54. The topological polar surface area (TPSA) is 48.5 Å². The van der Waals surface area contributed by atoms with Crippen LogP contribution in [0.2, 0.25) is 0 Å². The van der Waals surface area contributed by atoms with E-state index >= 15 is 0 Å². The molecule has 5 heteroatoms. The number of aromatic nitrogens is 5. The Morgan fingerprint density at radius 1 is 1.18 bits per heavy atom. The maximum Gasteiger partial charge on any atom is 0.176 e. The molecule has 0 saturated carbocycles. The third-order valence-corrected chi connectivity index (χ3v) is 2.55. The Morgan fingerprint density at radius 3 is 2.41 bits per heavy atom. The van der Waals surface area contributed by atoms with Crippen molar-refractivity contribution in [2.24, 2.45) is 19.5 Å². The van der Waals surface area contributed by atoms with Crippen LogP contribution in [0.3, 0.4) is 0 Å². The van der Waals surface area contributed by atoms with Crippen LogP contribution in [0.25, 0.3) is 11.5 Å². The van der Waals surface area contributed by atoms with Gasteiger partial charge >= 0.3 is 0 Å². The lowest BCUT2D eigenvalue weighted by Crippen LogP contribution is -2.10. The van der Waals surface area contributed by atoms with Crippen LogP contribution < -0.4 is 0 Å². The highest BCUT2D eigenvalue weighted by Crippen LogP contribution is 2.21. The standard InChI is InChI=1S/C12H19N5/c1-12(2,3)8-10-14-11(17(5)15-10)9-6-7-13-16(9)4/h6-7H,8H2,1-5H3. The van der Waals surface area contributed by atoms with Crippen LogP contribution in [0.1, 0.15) is 26.6 Å². The van der Waals surface area contributed by atoms with Crippen molar-refractivity contribution in [3.8, 4) is 11.5 Å². The summed E-state index contributed by atoms with van der Waals surface area (Å²) in [4.78, 5) is 4.59. The first-order valence-corrected chi connectivity index (χ1v) is 5.75. The first-order valence-electron chi connectivity index (χ1n) is 5.75. The highest BCUT2D eigenvalue weighted by molar-refractivity contribution is 5.49. The minimum absolute atomic E-state index is 0.199. The van der Waals surface area contributed by atoms with E-state index < -0.39 is 0 Å². The van der Waals surface area contributed by atoms with E-state index in [1.54, 1.807) is 6.20 Å². The smallest absolute Gasteiger partial charge is 0.176 e. The van der Waals surface area contributed by atoms with E-state index in [1.807, 2.05) is 29.5 Å². The van der Waals surface area contributed by atoms with Crippen LogP contribution in [-0.4, -0.2) is 24.5 Å². The average molecular weight is 233 g/mol. The highest BCUT2D eigenvalue weighted by atomic mass is 15.4. The van der Waals surface area contributed by atoms with Crippen molar-refractivity contribution in [3.05, 3.63) is 18.1 Å². The Labute approximate surface area is 101 Å². The molecule has 0 atom stereocenters. The van der Waals surface area contributed by atoms with Gasteiger partial charge in [-0.15, -0.1) is 0 Å². The van der Waals surface area contributed by atoms with Gasteiger partial charge in [0.2, 0.25) is 0 Å². The van der Waals surface area contributed by atoms with Gasteiger partial charge in [0.25, 0.3) is 0 Å². The summed E-state index contributed by atoms with van der Waals surface area (Å²) in [5.74, 6) is 1.75. The Balaban J connectivity index is 2.35. The van der Waals surface area contributed by atoms with Crippen molar-refractivity contribution < 1.29 is 0 Å². The fourth-order valence-corrected chi connectivity index (χ4v) is 1.80. The molecule has 0 aliphatic heterocycles. The van der Waals surface area contributed by atoms with Gasteiger partial charge in [-0.3, -0.25) is 4.68 Å². The number of hydrogen-bond donors (Lipinski definition) is 0. The van der Waals surface area contributed by atoms with Gasteiger partial charge in [0.15, 0.2) is 11.6 Å². The number of aryl methyl sites for hydroxylation is 2. The Kier molecular flexibility index (Phi) is 2.77. The molecule has 17 heavy (non-hydrogen) atoms. The normalized spacial score (nSPS) is 12.1. The summed E-state index contributed by atoms with van der Waals surface area (Å²) in [6, 6.07) is 1.95. The zero-order chi connectivity index (χ0) is 12.6. The lowest BCUT2D eigenvalue weighted by Gasteiger charge is -2.14. The monoisotopic (exact) mass is 233 g/mol. The Hall–Kier alpha value is -1.65. The molecule has 0 saturated heterocycles. The predicted octanol–water partition coefficient (Wildman–Crippen LogP) is 1.80. The largest absolute Gasteiger partial charge is 0.265 e. The molecule has 0 bridgehead atoms. The summed E-state index contributed by atoms with van der Waals surface area (Å²) < 4.78 is 3.63. The summed E-state index contributed by atoms with van der Waals surface area (Å²) in [5, 5.41) is 8.61. The fraction of sp³-hybridized carbons (Fsp3) is 0.583. The Morgan fingerprint density at radius 2 is 1.88 bits per heavy atom. The second-order valence-electron chi connectivity index (χ2n) is 5.55. The van der Waals surface area contributed by atoms with Gasteiger partial charge in [0.05, 0.1) is 0 Å². The molecule has 2 heterocycles. The second kappa shape index (κ2) is 3.98. The molecule has 0 fully saturated rings. The third-order valence-electron chi connectivity index (χ3n) is 2.55. The lowest BCUT2D eigenvalue weighted by atomic mass is 9.92. The molecule has 92 valence electrons. The summed E-state index contributed by atoms with van der Waals surface area (Å²) in [5.41, 5.74) is 1.19. The molecule has 0 radical (unpaired) electrons. The van der Waals surface area contributed by atoms with Gasteiger partial charge in [-0.1, -0.05) is 20.8 Å². The summed E-state index contributed by atoms with van der Waals surface area (Å²) >= 11 is 0. The molecule has 5 nitrogen and oxygen atoms in total. The molecule has 0 N–H and O–H groups in total. The van der Waals surface area contributed by atoms with Gasteiger partial charge in [0, 0.05) is 26.7 Å². The quantitative estimate of drug-likeness (QED) is 0.794. The maximum atomic E-state index is 4.59. The van der Waals surface area contributed by atoms with Gasteiger partial charge in [-0.05, 0) is 11.5 Å². The van der Waals surface area contributed by atoms with Gasteiger partial charge in [-0.25, -0.2) is 9.67 Å². The van der Waals surface area contributed by atoms with Crippen molar-refractivity contribution in [2.75, 3.05) is 0 Å². The van der Waals surface area contributed by atoms with Gasteiger partial charge in [-0.2, -0.15) is 10.2 Å². The molecule has 2 aromatic heterocycles. The van der Waals surface area contributed by atoms with E-state index in [1.165, 1.54) is 0 Å². The van der Waals surface area contributed by atoms with E-state index in [0.29, 0.717) is 0 Å². The van der Waals surface area contributed by atoms with Crippen LogP contribution in [-0.2, 0) is 20.5 Å². The molecular weight excluding hydrogens is 214 g/mol. The van der Waals surface area contributed by atoms with E-state index in [0.717, 1.165) is 23.8 Å². The summed E-state index contributed by atoms with van der Waals surface area (Å²) in [6.45, 7) is 6.56. The molecule has 2 aromatic rings. The van der Waals surface area contributed by atoms with Crippen molar-refractivity contribution in [3.63, 3.8) is 0 Å². The molecule has 0 spiro atoms. The minimum Gasteiger partial charge on any atom is -0.265 e. The van der Waals surface area contributed by atoms with Crippen molar-refractivity contribution in [2.45, 2.75) is 27.2 Å². The SMILES string of the molecule is Cn1nccc1-c1nc(CC(C)(C)C)nn1C. The maximum absolute atomic E-state index is 4.59. The van der Waals surface area contributed by atoms with Crippen LogP contribution in [0.15, 0.2) is 12.3 Å². The molecule has 0 amide bonds. The molecule has 0 aromatic carbocycles. The van der Waals surface area contributed by atoms with Crippen LogP contribution in [0.4, 0.5) is 0 Å². The van der Waals surface area contributed by atoms with E-state index in [9.17, 15) is 0 Å². The van der Waals surface area contributed by atoms with Crippen LogP contribution in [0.5, 0.6) is 0 Å². The highest BCUT2D eigenvalue weighted by Gasteiger charge is 2.18. The van der Waals surface area contributed by atoms with E-state index in [4.69, 9.17) is 0 Å². The number of hydrogen-bond acceptors (Lipinski definition) is 3. The second-order valence-corrected chi connectivity index (χ2v) is 5.55. The first-order chi connectivity index (χ1) is 7.87. The molecule has 0 aliphatic rings. The summed E-state index contributed by atoms with van der Waals surface area (Å²) in [6.07, 6.45) is 2.64. The van der Waals surface area contributed by atoms with Gasteiger partial charge < -0.3 is 0 Å². The first kappa shape index (κ1) is 11.8. The van der Waals surface area contributed by atoms with E-state index in [-0.39, 0.29) is 5.41 Å². The fourth-order valence-electron chi connectivity index (χ4n) is 1.80. The van der Waals surface area contributed by atoms with E-state index in [2.05, 4.69) is 36.0 Å². The molecule has 0 unspecified atom stereocenters. The van der Waals surface area contributed by atoms with Crippen LogP contribution >= 0.6 is 0 Å². The predicted molar refractivity (Wildman–Crippen MR) is 66.4 cm³/mol. The van der Waals surface area contributed by atoms with Crippen molar-refractivity contribution in [1.29, 1.82) is 0 Å². The van der Waals surface area contributed by atoms with Crippen molar-refractivity contribution in [1.82, 2.24) is 24.5 Å². The van der Waals surface area contributed by atoms with Gasteiger partial charge in [0.1, 0.15) is 5.69 Å². The molecular formula is C12H19N5. The zero-order valence-corrected chi connectivity index (χ0v) is 11.1. The van der Waals surface area contributed by atoms with Crippen molar-refractivity contribution >= 4 is 0 Å². The number of nitrogens with zero attached hydrogens (tertiary/aromatic N) is 5. The number of rotatable bonds is 2.